The number of ether oxygens (including phenoxy) is 1. The van der Waals surface area contributed by atoms with Gasteiger partial charge in [0.1, 0.15) is 12.4 Å². The van der Waals surface area contributed by atoms with Crippen molar-refractivity contribution in [2.45, 2.75) is 25.2 Å². The number of amides is 1. The number of aryl methyl sites for hydroxylation is 1. The van der Waals surface area contributed by atoms with E-state index in [1.165, 1.54) is 6.07 Å². The van der Waals surface area contributed by atoms with Crippen molar-refractivity contribution in [1.82, 2.24) is 14.7 Å². The summed E-state index contributed by atoms with van der Waals surface area (Å²) in [6.45, 7) is 3.29. The van der Waals surface area contributed by atoms with Crippen molar-refractivity contribution in [3.8, 4) is 18.1 Å². The number of halogens is 1. The number of sulfonamides is 1. The van der Waals surface area contributed by atoms with E-state index in [0.717, 1.165) is 6.20 Å². The van der Waals surface area contributed by atoms with Gasteiger partial charge in [-0.15, -0.1) is 6.42 Å². The van der Waals surface area contributed by atoms with Gasteiger partial charge in [0.15, 0.2) is 11.6 Å². The molecule has 0 aliphatic heterocycles. The Morgan fingerprint density at radius 3 is 2.51 bits per heavy atom. The Morgan fingerprint density at radius 1 is 1.17 bits per heavy atom. The van der Waals surface area contributed by atoms with E-state index in [9.17, 15) is 17.6 Å². The topological polar surface area (TPSA) is 122 Å². The number of carbonyl (C=O) groups is 1. The summed E-state index contributed by atoms with van der Waals surface area (Å²) in [5.41, 5.74) is 1.33. The molecule has 0 bridgehead atoms. The molecule has 3 rings (SSSR count). The summed E-state index contributed by atoms with van der Waals surface area (Å²) < 4.78 is 46.7. The zero-order chi connectivity index (χ0) is 24.7. The number of aromatic nitrogens is 2. The molecule has 0 unspecified atom stereocenters. The molecule has 0 fully saturated rings. The first kappa shape index (κ1) is 28.3. The fourth-order valence-electron chi connectivity index (χ4n) is 2.78. The van der Waals surface area contributed by atoms with Gasteiger partial charge in [-0.05, 0) is 48.9 Å². The van der Waals surface area contributed by atoms with Gasteiger partial charge < -0.3 is 18.2 Å². The van der Waals surface area contributed by atoms with Crippen molar-refractivity contribution in [3.05, 3.63) is 60.0 Å². The Balaban J connectivity index is 0.00000432. The maximum absolute atomic E-state index is 14.3. The van der Waals surface area contributed by atoms with Crippen LogP contribution in [0.15, 0.2) is 53.6 Å². The van der Waals surface area contributed by atoms with Gasteiger partial charge in [-0.3, -0.25) is 4.79 Å². The van der Waals surface area contributed by atoms with Crippen molar-refractivity contribution >= 4 is 76.8 Å². The molecule has 0 saturated heterocycles. The summed E-state index contributed by atoms with van der Waals surface area (Å²) in [6, 6.07) is 11.2. The third-order valence-corrected chi connectivity index (χ3v) is 6.00. The molecule has 0 atom stereocenters. The van der Waals surface area contributed by atoms with Crippen LogP contribution < -0.4 is 20.1 Å². The average Bonchev–Trinajstić information content (AvgIpc) is 2.81. The number of carbonyl (C=O) groups excluding carboxylic acids is 1. The van der Waals surface area contributed by atoms with Crippen molar-refractivity contribution in [3.63, 3.8) is 0 Å². The number of hydrogen-bond acceptors (Lipinski definition) is 8. The van der Waals surface area contributed by atoms with Crippen LogP contribution in [0.5, 0.6) is 5.75 Å². The Labute approximate surface area is 235 Å². The van der Waals surface area contributed by atoms with Crippen LogP contribution >= 0.6 is 0 Å². The second-order valence-corrected chi connectivity index (χ2v) is 8.67. The van der Waals surface area contributed by atoms with Gasteiger partial charge in [0, 0.05) is 17.8 Å². The number of benzene rings is 2. The molecular formula is C23H24CaFN5O4S. The largest absolute Gasteiger partial charge is 2.00 e. The van der Waals surface area contributed by atoms with E-state index >= 15 is 0 Å². The number of nitrogens with one attached hydrogen (secondary N) is 3. The summed E-state index contributed by atoms with van der Waals surface area (Å²) >= 11 is 0. The fraction of sp³-hybridized carbons (Fsp3) is 0.174. The van der Waals surface area contributed by atoms with Gasteiger partial charge in [-0.1, -0.05) is 18.9 Å². The fourth-order valence-corrected chi connectivity index (χ4v) is 4.11. The average molecular weight is 526 g/mol. The minimum absolute atomic E-state index is 0. The first-order valence-corrected chi connectivity index (χ1v) is 11.6. The van der Waals surface area contributed by atoms with Crippen molar-refractivity contribution in [2.24, 2.45) is 0 Å². The van der Waals surface area contributed by atoms with Crippen LogP contribution in [0, 0.1) is 25.1 Å². The maximum Gasteiger partial charge on any atom is 2.00 e. The van der Waals surface area contributed by atoms with E-state index in [1.807, 2.05) is 4.72 Å². The molecule has 0 aliphatic carbocycles. The zero-order valence-electron chi connectivity index (χ0n) is 21.1. The monoisotopic (exact) mass is 525 g/mol. The van der Waals surface area contributed by atoms with Crippen LogP contribution in [0.4, 0.5) is 27.5 Å². The molecular weight excluding hydrogens is 501 g/mol. The summed E-state index contributed by atoms with van der Waals surface area (Å²) in [7, 11) is -4.06. The first-order valence-electron chi connectivity index (χ1n) is 10.1. The Hall–Kier alpha value is -2.91. The second kappa shape index (κ2) is 12.7. The van der Waals surface area contributed by atoms with Crippen LogP contribution in [0.1, 0.15) is 21.8 Å². The maximum atomic E-state index is 14.3. The van der Waals surface area contributed by atoms with E-state index in [2.05, 4.69) is 26.5 Å². The van der Waals surface area contributed by atoms with Gasteiger partial charge >= 0.3 is 37.7 Å². The van der Waals surface area contributed by atoms with E-state index in [4.69, 9.17) is 11.2 Å². The molecule has 3 N–H and O–H groups in total. The van der Waals surface area contributed by atoms with Gasteiger partial charge in [0.2, 0.25) is 11.9 Å². The van der Waals surface area contributed by atoms with Crippen LogP contribution in [0.3, 0.4) is 0 Å². The molecule has 1 amide bonds. The van der Waals surface area contributed by atoms with Crippen molar-refractivity contribution in [1.29, 1.82) is 0 Å². The summed E-state index contributed by atoms with van der Waals surface area (Å²) in [5, 5.41) is 5.70. The van der Waals surface area contributed by atoms with E-state index in [1.54, 1.807) is 50.2 Å². The molecule has 180 valence electrons. The van der Waals surface area contributed by atoms with Crippen molar-refractivity contribution in [2.75, 3.05) is 17.2 Å². The van der Waals surface area contributed by atoms with Gasteiger partial charge in [-0.2, -0.15) is 4.98 Å². The number of rotatable bonds is 9. The second-order valence-electron chi connectivity index (χ2n) is 7.02. The summed E-state index contributed by atoms with van der Waals surface area (Å²) in [4.78, 5) is 19.5. The number of anilines is 4. The van der Waals surface area contributed by atoms with Gasteiger partial charge in [0.25, 0.3) is 10.0 Å². The summed E-state index contributed by atoms with van der Waals surface area (Å²) in [5.74, 6) is 1.56. The van der Waals surface area contributed by atoms with Gasteiger partial charge in [-0.25, -0.2) is 22.5 Å². The first-order chi connectivity index (χ1) is 16.2. The minimum atomic E-state index is -4.06. The minimum Gasteiger partial charge on any atom is -1.00 e. The third kappa shape index (κ3) is 7.80. The molecule has 3 aromatic rings. The standard InChI is InChI=1S/C23H22FN5O4S.Ca.2H/c1-4-12-33-18-10-8-16(9-11-18)26-22-19(24)14-25-23(28-22)27-17-7-6-15(3)20(13-17)34(31,32)29-21(30)5-2;;;/h1,6-11,13-14H,5,12H2,2-3H3,(H,29,30)(H2,25,26,27,28);;;/q;+2;2*-1. The molecule has 0 spiro atoms. The normalized spacial score (nSPS) is 10.5. The van der Waals surface area contributed by atoms with Crippen LogP contribution in [-0.2, 0) is 14.8 Å². The molecule has 0 radical (unpaired) electrons. The van der Waals surface area contributed by atoms with Gasteiger partial charge in [0.05, 0.1) is 11.1 Å². The van der Waals surface area contributed by atoms with Crippen LogP contribution in [0.2, 0.25) is 0 Å². The molecule has 0 aliphatic rings. The Bertz CT molecular complexity index is 1360. The van der Waals surface area contributed by atoms with Crippen molar-refractivity contribution < 1.29 is 25.2 Å². The zero-order valence-corrected chi connectivity index (χ0v) is 22.2. The summed E-state index contributed by atoms with van der Waals surface area (Å²) in [6.07, 6.45) is 6.17. The Morgan fingerprint density at radius 2 is 1.86 bits per heavy atom. The third-order valence-electron chi connectivity index (χ3n) is 4.49. The quantitative estimate of drug-likeness (QED) is 0.287. The van der Waals surface area contributed by atoms with E-state index < -0.39 is 21.7 Å². The van der Waals surface area contributed by atoms with Crippen LogP contribution in [0.25, 0.3) is 0 Å². The Kier molecular flexibility index (Phi) is 10.3. The van der Waals surface area contributed by atoms with Crippen LogP contribution in [-0.4, -0.2) is 68.6 Å². The predicted octanol–water partition coefficient (Wildman–Crippen LogP) is 3.48. The predicted molar refractivity (Wildman–Crippen MR) is 134 cm³/mol. The molecule has 9 nitrogen and oxygen atoms in total. The molecule has 1 aromatic heterocycles. The SMILES string of the molecule is C#CCOc1ccc(Nc2nc(Nc3ccc(C)c(S(=O)(=O)NC(=O)CC)c3)ncc2F)cc1.[Ca+2].[H-].[H-]. The molecule has 0 saturated carbocycles. The number of nitrogens with zero attached hydrogens (tertiary/aromatic N) is 2. The molecule has 35 heavy (non-hydrogen) atoms. The smallest absolute Gasteiger partial charge is 1.00 e. The van der Waals surface area contributed by atoms with E-state index in [0.29, 0.717) is 22.7 Å². The van der Waals surface area contributed by atoms with E-state index in [-0.39, 0.29) is 70.3 Å². The number of terminal acetylenes is 1. The molecule has 1 heterocycles. The molecule has 12 heteroatoms. The number of hydrogen-bond donors (Lipinski definition) is 3. The molecule has 2 aromatic carbocycles.